The molecule has 2 atom stereocenters. The van der Waals surface area contributed by atoms with Gasteiger partial charge in [0.2, 0.25) is 0 Å². The van der Waals surface area contributed by atoms with Crippen LogP contribution in [0.3, 0.4) is 0 Å². The van der Waals surface area contributed by atoms with Crippen molar-refractivity contribution >= 4 is 0 Å². The van der Waals surface area contributed by atoms with E-state index in [-0.39, 0.29) is 6.10 Å². The molecule has 1 saturated heterocycles. The Morgan fingerprint density at radius 1 is 1.82 bits per heavy atom. The number of hydrogen-bond donors (Lipinski definition) is 1. The van der Waals surface area contributed by atoms with Crippen LogP contribution in [-0.2, 0) is 9.47 Å². The predicted molar refractivity (Wildman–Crippen MR) is 41.4 cm³/mol. The summed E-state index contributed by atoms with van der Waals surface area (Å²) in [5.41, 5.74) is -0.896. The molecule has 0 aliphatic carbocycles. The van der Waals surface area contributed by atoms with Crippen LogP contribution in [0.5, 0.6) is 0 Å². The highest BCUT2D eigenvalue weighted by Gasteiger charge is 2.36. The zero-order valence-corrected chi connectivity index (χ0v) is 6.75. The van der Waals surface area contributed by atoms with Crippen molar-refractivity contribution in [1.29, 1.82) is 0 Å². The normalized spacial score (nSPS) is 38.5. The van der Waals surface area contributed by atoms with E-state index in [4.69, 9.17) is 9.47 Å². The van der Waals surface area contributed by atoms with Crippen molar-refractivity contribution in [3.05, 3.63) is 12.7 Å². The Morgan fingerprint density at radius 3 is 3.00 bits per heavy atom. The molecule has 1 heterocycles. The van der Waals surface area contributed by atoms with Crippen molar-refractivity contribution in [2.24, 2.45) is 0 Å². The second kappa shape index (κ2) is 3.34. The standard InChI is InChI=1S/C8H14O3/c1-3-8(9)4-5-11-6-7(8)10-2/h3,7,9H,1,4-6H2,2H3. The summed E-state index contributed by atoms with van der Waals surface area (Å²) in [5, 5.41) is 9.82. The summed E-state index contributed by atoms with van der Waals surface area (Å²) in [4.78, 5) is 0. The highest BCUT2D eigenvalue weighted by atomic mass is 16.5. The molecule has 0 radical (unpaired) electrons. The minimum atomic E-state index is -0.896. The lowest BCUT2D eigenvalue weighted by molar-refractivity contribution is -0.140. The van der Waals surface area contributed by atoms with E-state index in [0.29, 0.717) is 19.6 Å². The average Bonchev–Trinajstić information content (AvgIpc) is 2.05. The van der Waals surface area contributed by atoms with Gasteiger partial charge in [-0.05, 0) is 0 Å². The Balaban J connectivity index is 2.64. The van der Waals surface area contributed by atoms with Crippen molar-refractivity contribution in [2.75, 3.05) is 20.3 Å². The summed E-state index contributed by atoms with van der Waals surface area (Å²) in [6, 6.07) is 0. The van der Waals surface area contributed by atoms with E-state index in [1.165, 1.54) is 6.08 Å². The first-order chi connectivity index (χ1) is 5.23. The second-order valence-electron chi connectivity index (χ2n) is 2.74. The zero-order valence-electron chi connectivity index (χ0n) is 6.75. The third-order valence-corrected chi connectivity index (χ3v) is 2.11. The van der Waals surface area contributed by atoms with E-state index in [2.05, 4.69) is 6.58 Å². The van der Waals surface area contributed by atoms with Crippen LogP contribution in [0.2, 0.25) is 0 Å². The first-order valence-corrected chi connectivity index (χ1v) is 3.69. The number of methoxy groups -OCH3 is 1. The third kappa shape index (κ3) is 1.61. The topological polar surface area (TPSA) is 38.7 Å². The number of aliphatic hydroxyl groups is 1. The fourth-order valence-corrected chi connectivity index (χ4v) is 1.24. The maximum atomic E-state index is 9.82. The van der Waals surface area contributed by atoms with Crippen molar-refractivity contribution in [3.8, 4) is 0 Å². The predicted octanol–water partition coefficient (Wildman–Crippen LogP) is 0.339. The molecule has 0 aromatic rings. The first kappa shape index (κ1) is 8.71. The van der Waals surface area contributed by atoms with Crippen LogP contribution in [-0.4, -0.2) is 37.1 Å². The van der Waals surface area contributed by atoms with Crippen molar-refractivity contribution in [1.82, 2.24) is 0 Å². The van der Waals surface area contributed by atoms with Gasteiger partial charge in [-0.15, -0.1) is 6.58 Å². The van der Waals surface area contributed by atoms with Gasteiger partial charge in [0.05, 0.1) is 6.61 Å². The van der Waals surface area contributed by atoms with Crippen molar-refractivity contribution in [2.45, 2.75) is 18.1 Å². The molecule has 64 valence electrons. The molecule has 0 aromatic carbocycles. The van der Waals surface area contributed by atoms with E-state index in [9.17, 15) is 5.11 Å². The van der Waals surface area contributed by atoms with Gasteiger partial charge in [-0.2, -0.15) is 0 Å². The smallest absolute Gasteiger partial charge is 0.113 e. The van der Waals surface area contributed by atoms with Gasteiger partial charge < -0.3 is 14.6 Å². The van der Waals surface area contributed by atoms with Gasteiger partial charge in [-0.1, -0.05) is 6.08 Å². The van der Waals surface area contributed by atoms with Crippen LogP contribution in [0.1, 0.15) is 6.42 Å². The number of rotatable bonds is 2. The lowest BCUT2D eigenvalue weighted by Gasteiger charge is -2.36. The molecule has 0 saturated carbocycles. The third-order valence-electron chi connectivity index (χ3n) is 2.11. The van der Waals surface area contributed by atoms with Crippen LogP contribution < -0.4 is 0 Å². The average molecular weight is 158 g/mol. The minimum absolute atomic E-state index is 0.270. The SMILES string of the molecule is C=CC1(O)CCOCC1OC. The Labute approximate surface area is 66.6 Å². The van der Waals surface area contributed by atoms with Crippen LogP contribution in [0.15, 0.2) is 12.7 Å². The molecule has 0 aromatic heterocycles. The van der Waals surface area contributed by atoms with Crippen LogP contribution in [0.4, 0.5) is 0 Å². The monoisotopic (exact) mass is 158 g/mol. The van der Waals surface area contributed by atoms with Gasteiger partial charge >= 0.3 is 0 Å². The maximum absolute atomic E-state index is 9.82. The summed E-state index contributed by atoms with van der Waals surface area (Å²) in [5.74, 6) is 0. The van der Waals surface area contributed by atoms with Gasteiger partial charge in [0.25, 0.3) is 0 Å². The molecule has 0 spiro atoms. The minimum Gasteiger partial charge on any atom is -0.383 e. The van der Waals surface area contributed by atoms with E-state index in [1.807, 2.05) is 0 Å². The molecule has 3 nitrogen and oxygen atoms in total. The van der Waals surface area contributed by atoms with Crippen molar-refractivity contribution in [3.63, 3.8) is 0 Å². The first-order valence-electron chi connectivity index (χ1n) is 3.69. The number of hydrogen-bond acceptors (Lipinski definition) is 3. The number of ether oxygens (including phenoxy) is 2. The summed E-state index contributed by atoms with van der Waals surface area (Å²) in [7, 11) is 1.56. The maximum Gasteiger partial charge on any atom is 0.113 e. The molecule has 2 unspecified atom stereocenters. The van der Waals surface area contributed by atoms with E-state index < -0.39 is 5.60 Å². The van der Waals surface area contributed by atoms with Gasteiger partial charge in [-0.3, -0.25) is 0 Å². The van der Waals surface area contributed by atoms with E-state index >= 15 is 0 Å². The van der Waals surface area contributed by atoms with Gasteiger partial charge in [0.15, 0.2) is 0 Å². The summed E-state index contributed by atoms with van der Waals surface area (Å²) in [6.07, 6.45) is 1.83. The summed E-state index contributed by atoms with van der Waals surface area (Å²) < 4.78 is 10.2. The molecule has 1 aliphatic heterocycles. The molecule has 3 heteroatoms. The Hall–Kier alpha value is -0.380. The Kier molecular flexibility index (Phi) is 2.65. The summed E-state index contributed by atoms with van der Waals surface area (Å²) >= 11 is 0. The van der Waals surface area contributed by atoms with Gasteiger partial charge in [-0.25, -0.2) is 0 Å². The quantitative estimate of drug-likeness (QED) is 0.589. The molecular formula is C8H14O3. The molecule has 1 N–H and O–H groups in total. The molecule has 1 fully saturated rings. The molecule has 0 amide bonds. The largest absolute Gasteiger partial charge is 0.383 e. The highest BCUT2D eigenvalue weighted by Crippen LogP contribution is 2.23. The highest BCUT2D eigenvalue weighted by molar-refractivity contribution is 5.03. The zero-order chi connectivity index (χ0) is 8.32. The lowest BCUT2D eigenvalue weighted by atomic mass is 9.92. The summed E-state index contributed by atoms with van der Waals surface area (Å²) in [6.45, 7) is 4.58. The Bertz CT molecular complexity index is 146. The van der Waals surface area contributed by atoms with Crippen LogP contribution in [0, 0.1) is 0 Å². The Morgan fingerprint density at radius 2 is 2.55 bits per heavy atom. The van der Waals surface area contributed by atoms with Crippen LogP contribution >= 0.6 is 0 Å². The second-order valence-corrected chi connectivity index (χ2v) is 2.74. The van der Waals surface area contributed by atoms with Crippen LogP contribution in [0.25, 0.3) is 0 Å². The fraction of sp³-hybridized carbons (Fsp3) is 0.750. The van der Waals surface area contributed by atoms with E-state index in [0.717, 1.165) is 0 Å². The fourth-order valence-electron chi connectivity index (χ4n) is 1.24. The molecule has 1 rings (SSSR count). The molecular weight excluding hydrogens is 144 g/mol. The van der Waals surface area contributed by atoms with Crippen molar-refractivity contribution < 1.29 is 14.6 Å². The lowest BCUT2D eigenvalue weighted by Crippen LogP contribution is -2.48. The van der Waals surface area contributed by atoms with Gasteiger partial charge in [0, 0.05) is 20.1 Å². The van der Waals surface area contributed by atoms with Gasteiger partial charge in [0.1, 0.15) is 11.7 Å². The van der Waals surface area contributed by atoms with E-state index in [1.54, 1.807) is 7.11 Å². The molecule has 11 heavy (non-hydrogen) atoms. The molecule has 0 bridgehead atoms. The molecule has 1 aliphatic rings.